The van der Waals surface area contributed by atoms with E-state index in [1.807, 2.05) is 18.2 Å². The van der Waals surface area contributed by atoms with Gasteiger partial charge in [-0.3, -0.25) is 4.79 Å². The van der Waals surface area contributed by atoms with Crippen molar-refractivity contribution in [2.75, 3.05) is 30.0 Å². The number of carbonyl (C=O) groups excluding carboxylic acids is 3. The Bertz CT molecular complexity index is 1510. The summed E-state index contributed by atoms with van der Waals surface area (Å²) in [5.74, 6) is -0.194. The molecule has 0 saturated carbocycles. The highest BCUT2D eigenvalue weighted by molar-refractivity contribution is 7.90. The summed E-state index contributed by atoms with van der Waals surface area (Å²) in [6.45, 7) is 6.07. The van der Waals surface area contributed by atoms with Gasteiger partial charge in [0, 0.05) is 30.0 Å². The summed E-state index contributed by atoms with van der Waals surface area (Å²) in [6.07, 6.45) is 2.11. The van der Waals surface area contributed by atoms with Gasteiger partial charge in [-0.2, -0.15) is 5.26 Å². The number of amides is 4. The van der Waals surface area contributed by atoms with Crippen molar-refractivity contribution in [2.24, 2.45) is 0 Å². The summed E-state index contributed by atoms with van der Waals surface area (Å²) in [5.41, 5.74) is 3.15. The van der Waals surface area contributed by atoms with Crippen LogP contribution in [0, 0.1) is 11.3 Å². The molecular weight excluding hydrogens is 566 g/mol. The van der Waals surface area contributed by atoms with E-state index in [2.05, 4.69) is 22.0 Å². The Hall–Kier alpha value is -4.53. The molecule has 10 nitrogen and oxygen atoms in total. The maximum absolute atomic E-state index is 13.9. The van der Waals surface area contributed by atoms with Crippen molar-refractivity contribution in [2.45, 2.75) is 50.2 Å². The lowest BCUT2D eigenvalue weighted by Gasteiger charge is -2.37. The number of alkyl carbamates (subject to hydrolysis) is 1. The number of rotatable bonds is 8. The van der Waals surface area contributed by atoms with E-state index in [1.165, 1.54) is 0 Å². The Kier molecular flexibility index (Phi) is 9.95. The van der Waals surface area contributed by atoms with Gasteiger partial charge in [0.2, 0.25) is 0 Å². The molecule has 11 heteroatoms. The van der Waals surface area contributed by atoms with E-state index in [4.69, 9.17) is 4.74 Å². The number of fused-ring (bicyclic) bond motifs is 1. The minimum absolute atomic E-state index is 0.194. The molecule has 4 rings (SSSR count). The summed E-state index contributed by atoms with van der Waals surface area (Å²) >= 11 is -1.12. The number of nitrogens with zero attached hydrogens (tertiary/aromatic N) is 2. The molecule has 2 atom stereocenters. The molecule has 0 aromatic heterocycles. The molecule has 0 bridgehead atoms. The molecule has 3 N–H and O–H groups in total. The van der Waals surface area contributed by atoms with Crippen molar-refractivity contribution in [3.63, 3.8) is 0 Å². The third-order valence-electron chi connectivity index (χ3n) is 6.76. The van der Waals surface area contributed by atoms with Gasteiger partial charge in [-0.05, 0) is 104 Å². The van der Waals surface area contributed by atoms with Crippen LogP contribution in [0.2, 0.25) is 0 Å². The Balaban J connectivity index is 1.49. The highest BCUT2D eigenvalue weighted by Crippen LogP contribution is 2.35. The SMILES string of the molecule is C[S+]([O-])c1ccc(NC(=O)Nc2ccc3c(c2)C(=O)N(CCCNC(=O)OC(C)(C)C)C(c2ccc(C#N)cc2)C3)cc1. The molecular formula is C32H35N5O5S. The van der Waals surface area contributed by atoms with Crippen molar-refractivity contribution in [1.29, 1.82) is 5.26 Å². The number of hydrogen-bond acceptors (Lipinski definition) is 6. The molecule has 1 aliphatic rings. The average molecular weight is 602 g/mol. The first kappa shape index (κ1) is 31.4. The first-order valence-electron chi connectivity index (χ1n) is 13.9. The van der Waals surface area contributed by atoms with Gasteiger partial charge < -0.3 is 30.1 Å². The fraction of sp³-hybridized carbons (Fsp3) is 0.312. The van der Waals surface area contributed by atoms with E-state index in [9.17, 15) is 24.2 Å². The number of hydrogen-bond donors (Lipinski definition) is 3. The quantitative estimate of drug-likeness (QED) is 0.226. The van der Waals surface area contributed by atoms with Gasteiger partial charge in [0.05, 0.1) is 17.7 Å². The number of urea groups is 1. The molecule has 0 saturated heterocycles. The zero-order chi connectivity index (χ0) is 31.1. The standard InChI is InChI=1S/C32H35N5O5S/c1-32(2,3)42-31(40)34-16-5-17-37-28(22-8-6-21(20-33)7-9-22)18-23-10-11-25(19-27(23)29(37)38)36-30(39)35-24-12-14-26(15-13-24)43(4)41/h6-15,19,28H,5,16-18H2,1-4H3,(H,34,40)(H2,35,36,39). The van der Waals surface area contributed by atoms with E-state index in [-0.39, 0.29) is 11.9 Å². The molecule has 0 aliphatic carbocycles. The number of nitrogens with one attached hydrogen (secondary N) is 3. The minimum atomic E-state index is -1.12. The molecule has 4 amide bonds. The van der Waals surface area contributed by atoms with Crippen LogP contribution in [0.5, 0.6) is 0 Å². The first-order valence-corrected chi connectivity index (χ1v) is 15.4. The van der Waals surface area contributed by atoms with Crippen LogP contribution in [0.4, 0.5) is 21.0 Å². The Labute approximate surface area is 254 Å². The number of carbonyl (C=O) groups is 3. The molecule has 0 fully saturated rings. The van der Waals surface area contributed by atoms with E-state index in [1.54, 1.807) is 80.5 Å². The number of benzene rings is 3. The summed E-state index contributed by atoms with van der Waals surface area (Å²) < 4.78 is 16.9. The van der Waals surface area contributed by atoms with E-state index < -0.39 is 28.9 Å². The second kappa shape index (κ2) is 13.6. The lowest BCUT2D eigenvalue weighted by atomic mass is 9.88. The lowest BCUT2D eigenvalue weighted by Crippen LogP contribution is -2.42. The van der Waals surface area contributed by atoms with Gasteiger partial charge in [-0.1, -0.05) is 18.2 Å². The van der Waals surface area contributed by atoms with Crippen molar-refractivity contribution in [1.82, 2.24) is 10.2 Å². The number of ether oxygens (including phenoxy) is 1. The maximum atomic E-state index is 13.9. The monoisotopic (exact) mass is 601 g/mol. The normalized spacial score (nSPS) is 15.1. The predicted molar refractivity (Wildman–Crippen MR) is 165 cm³/mol. The van der Waals surface area contributed by atoms with Gasteiger partial charge >= 0.3 is 12.1 Å². The molecule has 1 heterocycles. The van der Waals surface area contributed by atoms with Crippen LogP contribution >= 0.6 is 0 Å². The lowest BCUT2D eigenvalue weighted by molar-refractivity contribution is 0.0523. The third kappa shape index (κ3) is 8.50. The Morgan fingerprint density at radius 2 is 1.70 bits per heavy atom. The zero-order valence-corrected chi connectivity index (χ0v) is 25.4. The van der Waals surface area contributed by atoms with Crippen LogP contribution in [0.3, 0.4) is 0 Å². The highest BCUT2D eigenvalue weighted by Gasteiger charge is 2.33. The van der Waals surface area contributed by atoms with Crippen molar-refractivity contribution in [3.05, 3.63) is 89.0 Å². The zero-order valence-electron chi connectivity index (χ0n) is 24.6. The van der Waals surface area contributed by atoms with Crippen molar-refractivity contribution >= 4 is 40.6 Å². The highest BCUT2D eigenvalue weighted by atomic mass is 32.2. The number of anilines is 2. The van der Waals surface area contributed by atoms with Crippen molar-refractivity contribution < 1.29 is 23.7 Å². The Morgan fingerprint density at radius 1 is 1.05 bits per heavy atom. The van der Waals surface area contributed by atoms with Gasteiger partial charge in [-0.25, -0.2) is 9.59 Å². The Morgan fingerprint density at radius 3 is 2.33 bits per heavy atom. The molecule has 3 aromatic carbocycles. The van der Waals surface area contributed by atoms with Gasteiger partial charge in [-0.15, -0.1) is 0 Å². The van der Waals surface area contributed by atoms with Crippen LogP contribution in [-0.2, 0) is 22.3 Å². The summed E-state index contributed by atoms with van der Waals surface area (Å²) in [7, 11) is 0. The molecule has 3 aromatic rings. The smallest absolute Gasteiger partial charge is 0.407 e. The first-order chi connectivity index (χ1) is 20.4. The predicted octanol–water partition coefficient (Wildman–Crippen LogP) is 5.59. The molecule has 1 aliphatic heterocycles. The fourth-order valence-electron chi connectivity index (χ4n) is 4.76. The second-order valence-electron chi connectivity index (χ2n) is 11.2. The van der Waals surface area contributed by atoms with E-state index in [0.717, 1.165) is 11.1 Å². The second-order valence-corrected chi connectivity index (χ2v) is 12.5. The topological polar surface area (TPSA) is 147 Å². The molecule has 224 valence electrons. The molecule has 43 heavy (non-hydrogen) atoms. The van der Waals surface area contributed by atoms with Crippen LogP contribution < -0.4 is 16.0 Å². The number of nitriles is 1. The molecule has 0 spiro atoms. The van der Waals surface area contributed by atoms with Crippen LogP contribution in [-0.4, -0.2) is 52.4 Å². The van der Waals surface area contributed by atoms with Crippen LogP contribution in [0.15, 0.2) is 71.6 Å². The minimum Gasteiger partial charge on any atom is -0.612 e. The summed E-state index contributed by atoms with van der Waals surface area (Å²) in [6, 6.07) is 20.5. The largest absolute Gasteiger partial charge is 0.612 e. The summed E-state index contributed by atoms with van der Waals surface area (Å²) in [5, 5.41) is 17.5. The van der Waals surface area contributed by atoms with E-state index >= 15 is 0 Å². The summed E-state index contributed by atoms with van der Waals surface area (Å²) in [4.78, 5) is 41.0. The average Bonchev–Trinajstić information content (AvgIpc) is 2.95. The molecule has 2 unspecified atom stereocenters. The fourth-order valence-corrected chi connectivity index (χ4v) is 5.28. The van der Waals surface area contributed by atoms with Gasteiger partial charge in [0.15, 0.2) is 4.90 Å². The third-order valence-corrected chi connectivity index (χ3v) is 7.70. The van der Waals surface area contributed by atoms with Gasteiger partial charge in [0.25, 0.3) is 5.91 Å². The maximum Gasteiger partial charge on any atom is 0.407 e. The van der Waals surface area contributed by atoms with Gasteiger partial charge in [0.1, 0.15) is 11.9 Å². The van der Waals surface area contributed by atoms with Crippen LogP contribution in [0.1, 0.15) is 60.3 Å². The van der Waals surface area contributed by atoms with Crippen LogP contribution in [0.25, 0.3) is 0 Å². The van der Waals surface area contributed by atoms with E-state index in [0.29, 0.717) is 53.3 Å². The van der Waals surface area contributed by atoms with Crippen molar-refractivity contribution in [3.8, 4) is 6.07 Å². The molecule has 0 radical (unpaired) electrons.